The molecule has 0 spiro atoms. The van der Waals surface area contributed by atoms with Crippen LogP contribution in [0, 0.1) is 10.1 Å². The third-order valence-corrected chi connectivity index (χ3v) is 11.5. The fraction of sp³-hybridized carbons (Fsp3) is 0.286. The average molecular weight is 894 g/mol. The van der Waals surface area contributed by atoms with Gasteiger partial charge in [0.05, 0.1) is 16.8 Å². The van der Waals surface area contributed by atoms with E-state index in [9.17, 15) is 38.9 Å². The number of carbonyl (C=O) groups excluding carboxylic acids is 6. The molecule has 21 nitrogen and oxygen atoms in total. The highest BCUT2D eigenvalue weighted by molar-refractivity contribution is 7.99. The number of imidazole rings is 1. The Labute approximate surface area is 369 Å². The summed E-state index contributed by atoms with van der Waals surface area (Å²) in [7, 11) is 0. The number of non-ortho nitro benzene ring substituents is 1. The lowest BCUT2D eigenvalue weighted by Gasteiger charge is -2.27. The number of H-pyrrole nitrogens is 2. The highest BCUT2D eigenvalue weighted by atomic mass is 32.2. The largest absolute Gasteiger partial charge is 0.370 e. The van der Waals surface area contributed by atoms with Gasteiger partial charge >= 0.3 is 0 Å². The van der Waals surface area contributed by atoms with Crippen LogP contribution in [0.15, 0.2) is 101 Å². The molecule has 0 saturated carbocycles. The van der Waals surface area contributed by atoms with Crippen LogP contribution in [0.1, 0.15) is 40.0 Å². The van der Waals surface area contributed by atoms with E-state index in [-0.39, 0.29) is 60.8 Å². The second kappa shape index (κ2) is 21.4. The number of carbonyl (C=O) groups is 6. The summed E-state index contributed by atoms with van der Waals surface area (Å²) in [6.07, 6.45) is 4.38. The Hall–Kier alpha value is -7.75. The maximum atomic E-state index is 14.4. The van der Waals surface area contributed by atoms with E-state index in [1.54, 1.807) is 36.5 Å². The maximum Gasteiger partial charge on any atom is 0.270 e. The molecule has 3 aromatic carbocycles. The van der Waals surface area contributed by atoms with E-state index >= 15 is 0 Å². The van der Waals surface area contributed by atoms with Gasteiger partial charge in [0.15, 0.2) is 5.96 Å². The number of hydrogen-bond acceptors (Lipinski definition) is 11. The number of para-hydroxylation sites is 1. The van der Waals surface area contributed by atoms with Crippen LogP contribution in [0.5, 0.6) is 0 Å². The summed E-state index contributed by atoms with van der Waals surface area (Å²) in [5.74, 6) is -5.47. The minimum atomic E-state index is -1.39. The summed E-state index contributed by atoms with van der Waals surface area (Å²) in [5, 5.41) is 26.2. The van der Waals surface area contributed by atoms with Crippen LogP contribution in [0.3, 0.4) is 0 Å². The van der Waals surface area contributed by atoms with Crippen LogP contribution < -0.4 is 43.8 Å². The predicted octanol–water partition coefficient (Wildman–Crippen LogP) is 0.210. The summed E-state index contributed by atoms with van der Waals surface area (Å²) in [6.45, 7) is 0.0872. The quantitative estimate of drug-likeness (QED) is 0.0264. The second-order valence-corrected chi connectivity index (χ2v) is 16.0. The van der Waals surface area contributed by atoms with E-state index < -0.39 is 76.3 Å². The van der Waals surface area contributed by atoms with Gasteiger partial charge in [-0.05, 0) is 36.1 Å². The molecule has 0 radical (unpaired) electrons. The Kier molecular flexibility index (Phi) is 15.3. The summed E-state index contributed by atoms with van der Waals surface area (Å²) < 4.78 is 0. The molecule has 5 aromatic rings. The molecular weight excluding hydrogens is 847 g/mol. The zero-order chi connectivity index (χ0) is 45.8. The number of primary amides is 1. The summed E-state index contributed by atoms with van der Waals surface area (Å²) in [4.78, 5) is 110. The van der Waals surface area contributed by atoms with E-state index in [2.05, 4.69) is 46.5 Å². The van der Waals surface area contributed by atoms with Crippen molar-refractivity contribution in [3.63, 3.8) is 0 Å². The van der Waals surface area contributed by atoms with Crippen molar-refractivity contribution in [3.05, 3.63) is 124 Å². The number of aromatic nitrogens is 3. The molecule has 0 unspecified atom stereocenters. The summed E-state index contributed by atoms with van der Waals surface area (Å²) >= 11 is 0.897. The van der Waals surface area contributed by atoms with E-state index in [0.717, 1.165) is 34.8 Å². The first-order valence-electron chi connectivity index (χ1n) is 20.1. The lowest BCUT2D eigenvalue weighted by molar-refractivity contribution is -0.384. The lowest BCUT2D eigenvalue weighted by Crippen LogP contribution is -2.60. The van der Waals surface area contributed by atoms with E-state index in [1.165, 1.54) is 18.6 Å². The van der Waals surface area contributed by atoms with Crippen LogP contribution in [0.4, 0.5) is 5.69 Å². The van der Waals surface area contributed by atoms with Gasteiger partial charge < -0.3 is 53.8 Å². The van der Waals surface area contributed by atoms with Crippen molar-refractivity contribution in [2.45, 2.75) is 67.2 Å². The molecular formula is C42H47N13O8S. The lowest BCUT2D eigenvalue weighted by atomic mass is 10.0. The number of thioether (sulfide) groups is 1. The smallest absolute Gasteiger partial charge is 0.270 e. The van der Waals surface area contributed by atoms with Crippen LogP contribution in [0.25, 0.3) is 10.9 Å². The molecule has 6 rings (SSSR count). The minimum Gasteiger partial charge on any atom is -0.370 e. The number of hydrogen-bond donors (Lipinski definition) is 10. The first-order chi connectivity index (χ1) is 30.7. The second-order valence-electron chi connectivity index (χ2n) is 14.9. The monoisotopic (exact) mass is 893 g/mol. The number of nitrogens with zero attached hydrogens (tertiary/aromatic N) is 3. The number of nitrogens with two attached hydrogens (primary N) is 3. The van der Waals surface area contributed by atoms with Gasteiger partial charge in [0.2, 0.25) is 29.5 Å². The number of aromatic amines is 2. The van der Waals surface area contributed by atoms with Gasteiger partial charge in [0.25, 0.3) is 11.6 Å². The first kappa shape index (κ1) is 45.8. The number of rotatable bonds is 12. The Morgan fingerprint density at radius 1 is 0.781 bits per heavy atom. The Morgan fingerprint density at radius 3 is 2.12 bits per heavy atom. The van der Waals surface area contributed by atoms with Gasteiger partial charge in [-0.25, -0.2) is 4.98 Å². The topological polar surface area (TPSA) is 341 Å². The van der Waals surface area contributed by atoms with Crippen LogP contribution in [-0.2, 0) is 43.2 Å². The van der Waals surface area contributed by atoms with E-state index in [1.807, 2.05) is 24.3 Å². The molecule has 5 atom stereocenters. The molecule has 1 aliphatic rings. The van der Waals surface area contributed by atoms with Gasteiger partial charge in [-0.2, -0.15) is 0 Å². The molecule has 0 saturated heterocycles. The molecule has 0 fully saturated rings. The Balaban J connectivity index is 1.43. The minimum absolute atomic E-state index is 0.0226. The zero-order valence-corrected chi connectivity index (χ0v) is 35.1. The molecule has 64 heavy (non-hydrogen) atoms. The van der Waals surface area contributed by atoms with Crippen molar-refractivity contribution in [1.29, 1.82) is 0 Å². The number of amides is 6. The normalized spacial score (nSPS) is 20.2. The highest BCUT2D eigenvalue weighted by Crippen LogP contribution is 2.28. The zero-order valence-electron chi connectivity index (χ0n) is 34.2. The van der Waals surface area contributed by atoms with E-state index in [0.29, 0.717) is 16.8 Å². The highest BCUT2D eigenvalue weighted by Gasteiger charge is 2.34. The maximum absolute atomic E-state index is 14.4. The molecule has 0 aliphatic carbocycles. The Morgan fingerprint density at radius 2 is 1.44 bits per heavy atom. The summed E-state index contributed by atoms with van der Waals surface area (Å²) in [5.41, 5.74) is 18.7. The molecule has 6 amide bonds. The van der Waals surface area contributed by atoms with Crippen LogP contribution in [0.2, 0.25) is 0 Å². The first-order valence-corrected chi connectivity index (χ1v) is 21.1. The van der Waals surface area contributed by atoms with Gasteiger partial charge in [0, 0.05) is 77.6 Å². The number of aliphatic imine (C=N–C) groups is 1. The predicted molar refractivity (Wildman–Crippen MR) is 236 cm³/mol. The van der Waals surface area contributed by atoms with Crippen molar-refractivity contribution in [3.8, 4) is 0 Å². The van der Waals surface area contributed by atoms with Crippen molar-refractivity contribution >= 4 is 69.8 Å². The Bertz CT molecular complexity index is 2530. The molecule has 1 aliphatic heterocycles. The number of benzene rings is 3. The third kappa shape index (κ3) is 12.2. The van der Waals surface area contributed by atoms with Gasteiger partial charge in [0.1, 0.15) is 30.2 Å². The standard InChI is InChI=1S/C42H47N13O8S/c43-36(56)34-21-64-35-13-12-26(55(62)63)18-28(35)37(57)51-33(17-25-20-46-22-49-25)41(61)52-31(15-23-7-2-1-3-8-23)39(59)50-30(11-6-14-47-42(44)45)38(58)53-32(40(60)54-34)16-24-19-48-29-10-5-4-9-27(24)29/h1-5,7-10,12-13,18-20,22,30-34,48H,6,11,14-17,21H2,(H2,43,56)(H,46,49)(H,50,59)(H,51,57)(H,52,61)(H,53,58)(H,54,60)(H4,44,45,47)/t30-,31-,32+,33+,34+/m1/s1. The van der Waals surface area contributed by atoms with Crippen molar-refractivity contribution in [2.75, 3.05) is 12.3 Å². The molecule has 2 aromatic heterocycles. The summed E-state index contributed by atoms with van der Waals surface area (Å²) in [6, 6.07) is 12.8. The number of guanidine groups is 1. The fourth-order valence-corrected chi connectivity index (χ4v) is 8.08. The number of nitro groups is 1. The molecule has 3 heterocycles. The molecule has 22 heteroatoms. The van der Waals surface area contributed by atoms with Crippen molar-refractivity contribution in [1.82, 2.24) is 41.5 Å². The number of nitro benzene ring substituents is 1. The van der Waals surface area contributed by atoms with Crippen molar-refractivity contribution < 1.29 is 33.7 Å². The van der Waals surface area contributed by atoms with Gasteiger partial charge in [-0.3, -0.25) is 43.9 Å². The van der Waals surface area contributed by atoms with Gasteiger partial charge in [-0.1, -0.05) is 48.5 Å². The van der Waals surface area contributed by atoms with Gasteiger partial charge in [-0.15, -0.1) is 11.8 Å². The third-order valence-electron chi connectivity index (χ3n) is 10.3. The molecule has 13 N–H and O–H groups in total. The van der Waals surface area contributed by atoms with Crippen molar-refractivity contribution in [2.24, 2.45) is 22.2 Å². The molecule has 334 valence electrons. The number of fused-ring (bicyclic) bond motifs is 2. The van der Waals surface area contributed by atoms with Crippen LogP contribution >= 0.6 is 11.8 Å². The molecule has 0 bridgehead atoms. The van der Waals surface area contributed by atoms with E-state index in [4.69, 9.17) is 17.2 Å². The average Bonchev–Trinajstić information content (AvgIpc) is 3.95. The SMILES string of the molecule is NC(=O)[C@@H]1CSc2ccc([N+](=O)[O-])cc2C(=O)N[C@@H](Cc2cnc[nH]2)C(=O)N[C@H](Cc2ccccc2)C(=O)N[C@H](CCCN=C(N)N)C(=O)N[C@@H](Cc2c[nH]c3ccccc23)C(=O)N1. The van der Waals surface area contributed by atoms with Crippen LogP contribution in [-0.4, -0.2) is 104 Å². The number of nitrogens with one attached hydrogen (secondary N) is 7. The fourth-order valence-electron chi connectivity index (χ4n) is 7.01.